The molecule has 0 aliphatic carbocycles. The summed E-state index contributed by atoms with van der Waals surface area (Å²) in [5, 5.41) is 3.26. The highest BCUT2D eigenvalue weighted by atomic mass is 32.2. The fourth-order valence-corrected chi connectivity index (χ4v) is 5.43. The van der Waals surface area contributed by atoms with Crippen LogP contribution in [0.2, 0.25) is 0 Å². The van der Waals surface area contributed by atoms with Gasteiger partial charge in [-0.25, -0.2) is 13.1 Å². The Labute approximate surface area is 108 Å². The van der Waals surface area contributed by atoms with Gasteiger partial charge in [0.1, 0.15) is 0 Å². The van der Waals surface area contributed by atoms with Gasteiger partial charge < -0.3 is 5.32 Å². The Kier molecular flexibility index (Phi) is 5.14. The normalized spacial score (nSPS) is 28.1. The molecule has 1 unspecified atom stereocenters. The van der Waals surface area contributed by atoms with Crippen LogP contribution in [-0.4, -0.2) is 44.8 Å². The van der Waals surface area contributed by atoms with E-state index in [9.17, 15) is 8.42 Å². The lowest BCUT2D eigenvalue weighted by Gasteiger charge is -2.26. The van der Waals surface area contributed by atoms with Crippen molar-refractivity contribution in [3.8, 4) is 0 Å². The molecule has 0 amide bonds. The zero-order valence-corrected chi connectivity index (χ0v) is 11.8. The first-order valence-corrected chi connectivity index (χ1v) is 9.25. The van der Waals surface area contributed by atoms with Crippen molar-refractivity contribution in [1.82, 2.24) is 10.0 Å². The monoisotopic (exact) mass is 278 g/mol. The fraction of sp³-hybridized carbons (Fsp3) is 1.00. The molecule has 17 heavy (non-hydrogen) atoms. The van der Waals surface area contributed by atoms with E-state index in [4.69, 9.17) is 0 Å². The summed E-state index contributed by atoms with van der Waals surface area (Å²) in [4.78, 5) is 0. The highest BCUT2D eigenvalue weighted by Gasteiger charge is 2.24. The lowest BCUT2D eigenvalue weighted by atomic mass is 10.0. The zero-order valence-electron chi connectivity index (χ0n) is 10.2. The van der Waals surface area contributed by atoms with Gasteiger partial charge in [-0.05, 0) is 50.4 Å². The fourth-order valence-electron chi connectivity index (χ4n) is 2.49. The molecule has 100 valence electrons. The molecule has 0 radical (unpaired) electrons. The quantitative estimate of drug-likeness (QED) is 0.799. The van der Waals surface area contributed by atoms with Crippen molar-refractivity contribution >= 4 is 21.8 Å². The van der Waals surface area contributed by atoms with Gasteiger partial charge in [-0.3, -0.25) is 0 Å². The second-order valence-electron chi connectivity index (χ2n) is 5.01. The molecule has 6 heteroatoms. The molecule has 0 aromatic rings. The molecule has 0 bridgehead atoms. The second kappa shape index (κ2) is 6.41. The number of thioether (sulfide) groups is 1. The average molecular weight is 278 g/mol. The van der Waals surface area contributed by atoms with E-state index in [1.807, 2.05) is 11.8 Å². The van der Waals surface area contributed by atoms with Gasteiger partial charge in [0.25, 0.3) is 0 Å². The summed E-state index contributed by atoms with van der Waals surface area (Å²) in [5.41, 5.74) is 0. The first-order valence-electron chi connectivity index (χ1n) is 6.44. The molecular weight excluding hydrogens is 256 g/mol. The van der Waals surface area contributed by atoms with Crippen molar-refractivity contribution < 1.29 is 8.42 Å². The van der Waals surface area contributed by atoms with Crippen LogP contribution in [0.25, 0.3) is 0 Å². The maximum absolute atomic E-state index is 12.0. The largest absolute Gasteiger partial charge is 0.317 e. The Morgan fingerprint density at radius 2 is 2.00 bits per heavy atom. The highest BCUT2D eigenvalue weighted by molar-refractivity contribution is 7.99. The van der Waals surface area contributed by atoms with Crippen molar-refractivity contribution in [3.05, 3.63) is 0 Å². The van der Waals surface area contributed by atoms with Crippen LogP contribution >= 0.6 is 11.8 Å². The van der Waals surface area contributed by atoms with E-state index >= 15 is 0 Å². The molecule has 0 spiro atoms. The summed E-state index contributed by atoms with van der Waals surface area (Å²) in [6.07, 6.45) is 4.10. The summed E-state index contributed by atoms with van der Waals surface area (Å²) in [5.74, 6) is 2.76. The van der Waals surface area contributed by atoms with Crippen LogP contribution < -0.4 is 10.0 Å². The number of hydrogen-bond donors (Lipinski definition) is 2. The maximum atomic E-state index is 12.0. The number of hydrogen-bond acceptors (Lipinski definition) is 4. The minimum atomic E-state index is -3.07. The zero-order chi connectivity index (χ0) is 12.1. The van der Waals surface area contributed by atoms with Crippen LogP contribution in [0.4, 0.5) is 0 Å². The molecule has 2 rings (SSSR count). The number of rotatable bonds is 4. The molecule has 2 aliphatic heterocycles. The summed E-state index contributed by atoms with van der Waals surface area (Å²) in [7, 11) is -3.07. The van der Waals surface area contributed by atoms with Crippen molar-refractivity contribution in [3.63, 3.8) is 0 Å². The van der Waals surface area contributed by atoms with Gasteiger partial charge in [0.15, 0.2) is 0 Å². The first-order chi connectivity index (χ1) is 8.16. The predicted octanol–water partition coefficient (Wildman–Crippen LogP) is 0.801. The Morgan fingerprint density at radius 1 is 1.24 bits per heavy atom. The van der Waals surface area contributed by atoms with Gasteiger partial charge in [-0.15, -0.1) is 0 Å². The SMILES string of the molecule is O=S(=O)(CC1CCNCC1)NC1CCCSC1. The Hall–Kier alpha value is 0.220. The summed E-state index contributed by atoms with van der Waals surface area (Å²) in [6, 6.07) is 0.167. The van der Waals surface area contributed by atoms with E-state index in [0.717, 1.165) is 44.5 Å². The van der Waals surface area contributed by atoms with E-state index in [-0.39, 0.29) is 6.04 Å². The van der Waals surface area contributed by atoms with Crippen LogP contribution in [-0.2, 0) is 10.0 Å². The van der Waals surface area contributed by atoms with Crippen LogP contribution in [0.1, 0.15) is 25.7 Å². The van der Waals surface area contributed by atoms with Crippen molar-refractivity contribution in [2.45, 2.75) is 31.7 Å². The molecule has 2 fully saturated rings. The summed E-state index contributed by atoms with van der Waals surface area (Å²) in [6.45, 7) is 1.92. The Bertz CT molecular complexity index is 294. The lowest BCUT2D eigenvalue weighted by molar-refractivity contribution is 0.399. The molecule has 0 aromatic carbocycles. The molecule has 2 N–H and O–H groups in total. The van der Waals surface area contributed by atoms with Gasteiger partial charge >= 0.3 is 0 Å². The molecule has 4 nitrogen and oxygen atoms in total. The van der Waals surface area contributed by atoms with Crippen LogP contribution in [0.3, 0.4) is 0 Å². The van der Waals surface area contributed by atoms with Crippen molar-refractivity contribution in [2.24, 2.45) is 5.92 Å². The van der Waals surface area contributed by atoms with Crippen molar-refractivity contribution in [1.29, 1.82) is 0 Å². The third kappa shape index (κ3) is 4.77. The van der Waals surface area contributed by atoms with E-state index < -0.39 is 10.0 Å². The van der Waals surface area contributed by atoms with E-state index in [0.29, 0.717) is 11.7 Å². The average Bonchev–Trinajstić information content (AvgIpc) is 2.30. The highest BCUT2D eigenvalue weighted by Crippen LogP contribution is 2.19. The van der Waals surface area contributed by atoms with Crippen LogP contribution in [0, 0.1) is 5.92 Å². The Balaban J connectivity index is 1.80. The minimum absolute atomic E-state index is 0.167. The van der Waals surface area contributed by atoms with E-state index in [2.05, 4.69) is 10.0 Å². The molecule has 0 saturated carbocycles. The van der Waals surface area contributed by atoms with E-state index in [1.165, 1.54) is 5.75 Å². The molecule has 0 aromatic heterocycles. The van der Waals surface area contributed by atoms with Crippen molar-refractivity contribution in [2.75, 3.05) is 30.3 Å². The summed E-state index contributed by atoms with van der Waals surface area (Å²) >= 11 is 1.85. The molecule has 2 heterocycles. The standard InChI is InChI=1S/C11H22N2O2S2/c14-17(15,9-10-3-5-12-6-4-10)13-11-2-1-7-16-8-11/h10-13H,1-9H2. The number of sulfonamides is 1. The minimum Gasteiger partial charge on any atom is -0.317 e. The van der Waals surface area contributed by atoms with Crippen LogP contribution in [0.5, 0.6) is 0 Å². The van der Waals surface area contributed by atoms with Gasteiger partial charge in [0.2, 0.25) is 10.0 Å². The maximum Gasteiger partial charge on any atom is 0.212 e. The third-order valence-electron chi connectivity index (χ3n) is 3.42. The van der Waals surface area contributed by atoms with Gasteiger partial charge in [0.05, 0.1) is 5.75 Å². The molecule has 2 aliphatic rings. The lowest BCUT2D eigenvalue weighted by Crippen LogP contribution is -2.42. The number of piperidine rings is 1. The second-order valence-corrected chi connectivity index (χ2v) is 7.96. The van der Waals surface area contributed by atoms with Gasteiger partial charge in [-0.2, -0.15) is 11.8 Å². The molecular formula is C11H22N2O2S2. The Morgan fingerprint density at radius 3 is 2.65 bits per heavy atom. The van der Waals surface area contributed by atoms with Gasteiger partial charge in [0, 0.05) is 11.8 Å². The smallest absolute Gasteiger partial charge is 0.212 e. The first kappa shape index (κ1) is 13.6. The third-order valence-corrected chi connectivity index (χ3v) is 6.24. The summed E-state index contributed by atoms with van der Waals surface area (Å²) < 4.78 is 26.9. The predicted molar refractivity (Wildman–Crippen MR) is 72.9 cm³/mol. The van der Waals surface area contributed by atoms with Crippen LogP contribution in [0.15, 0.2) is 0 Å². The molecule has 2 saturated heterocycles. The number of nitrogens with one attached hydrogen (secondary N) is 2. The topological polar surface area (TPSA) is 58.2 Å². The van der Waals surface area contributed by atoms with E-state index in [1.54, 1.807) is 0 Å². The van der Waals surface area contributed by atoms with Gasteiger partial charge in [-0.1, -0.05) is 0 Å². The molecule has 1 atom stereocenters.